The molecule has 1 heterocycles. The van der Waals surface area contributed by atoms with Crippen LogP contribution in [-0.2, 0) is 14.8 Å². The van der Waals surface area contributed by atoms with Gasteiger partial charge in [-0.05, 0) is 55.2 Å². The average Bonchev–Trinajstić information content (AvgIpc) is 2.89. The molecule has 1 fully saturated rings. The molecule has 1 aliphatic rings. The quantitative estimate of drug-likeness (QED) is 0.521. The molecule has 4 rings (SSSR count). The minimum Gasteiger partial charge on any atom is -0.494 e. The van der Waals surface area contributed by atoms with E-state index in [1.165, 1.54) is 4.31 Å². The van der Waals surface area contributed by atoms with Crippen molar-refractivity contribution in [3.63, 3.8) is 0 Å². The van der Waals surface area contributed by atoms with Crippen molar-refractivity contribution in [1.82, 2.24) is 9.62 Å². The number of benzene rings is 3. The second kappa shape index (κ2) is 10.8. The lowest BCUT2D eigenvalue weighted by Crippen LogP contribution is -2.46. The van der Waals surface area contributed by atoms with E-state index in [1.54, 1.807) is 24.3 Å². The molecule has 0 radical (unpaired) electrons. The van der Waals surface area contributed by atoms with Crippen molar-refractivity contribution in [1.29, 1.82) is 0 Å². The molecule has 0 spiro atoms. The van der Waals surface area contributed by atoms with Gasteiger partial charge in [-0.1, -0.05) is 60.7 Å². The number of carbonyl (C=O) groups is 1. The number of piperidine rings is 1. The fourth-order valence-corrected chi connectivity index (χ4v) is 5.83. The molecule has 0 unspecified atom stereocenters. The van der Waals surface area contributed by atoms with Crippen LogP contribution < -0.4 is 10.1 Å². The van der Waals surface area contributed by atoms with Gasteiger partial charge >= 0.3 is 0 Å². The zero-order valence-electron chi connectivity index (χ0n) is 19.3. The van der Waals surface area contributed by atoms with Crippen molar-refractivity contribution in [3.05, 3.63) is 96.1 Å². The van der Waals surface area contributed by atoms with Gasteiger partial charge in [-0.15, -0.1) is 0 Å². The third kappa shape index (κ3) is 5.48. The Labute approximate surface area is 201 Å². The molecule has 1 N–H and O–H groups in total. The molecule has 3 aromatic rings. The van der Waals surface area contributed by atoms with Crippen molar-refractivity contribution in [2.24, 2.45) is 5.92 Å². The van der Waals surface area contributed by atoms with Gasteiger partial charge in [0.1, 0.15) is 5.75 Å². The SMILES string of the molecule is CCOc1ccc(S(=O)(=O)N2CCC[C@@H](C(=O)NC(c3ccccc3)c3ccccc3)C2)cc1. The first kappa shape index (κ1) is 24.0. The third-order valence-corrected chi connectivity index (χ3v) is 7.96. The largest absolute Gasteiger partial charge is 0.494 e. The van der Waals surface area contributed by atoms with Crippen LogP contribution in [-0.4, -0.2) is 38.3 Å². The predicted octanol–water partition coefficient (Wildman–Crippen LogP) is 4.39. The standard InChI is InChI=1S/C27H30N2O4S/c1-2-33-24-15-17-25(18-16-24)34(31,32)29-19-9-14-23(20-29)27(30)28-26(21-10-5-3-6-11-21)22-12-7-4-8-13-22/h3-8,10-13,15-18,23,26H,2,9,14,19-20H2,1H3,(H,28,30)/t23-/m1/s1. The highest BCUT2D eigenvalue weighted by Gasteiger charge is 2.34. The zero-order chi connectivity index (χ0) is 24.0. The van der Waals surface area contributed by atoms with Crippen molar-refractivity contribution in [2.45, 2.75) is 30.7 Å². The number of hydrogen-bond donors (Lipinski definition) is 1. The summed E-state index contributed by atoms with van der Waals surface area (Å²) in [7, 11) is -3.70. The van der Waals surface area contributed by atoms with Crippen LogP contribution in [0.3, 0.4) is 0 Å². The molecule has 0 bridgehead atoms. The summed E-state index contributed by atoms with van der Waals surface area (Å²) in [6.07, 6.45) is 1.28. The lowest BCUT2D eigenvalue weighted by molar-refractivity contribution is -0.126. The van der Waals surface area contributed by atoms with E-state index in [4.69, 9.17) is 4.74 Å². The first-order chi connectivity index (χ1) is 16.5. The van der Waals surface area contributed by atoms with Crippen molar-refractivity contribution in [2.75, 3.05) is 19.7 Å². The topological polar surface area (TPSA) is 75.7 Å². The minimum absolute atomic E-state index is 0.135. The van der Waals surface area contributed by atoms with Gasteiger partial charge in [0.25, 0.3) is 0 Å². The smallest absolute Gasteiger partial charge is 0.243 e. The summed E-state index contributed by atoms with van der Waals surface area (Å²) in [5, 5.41) is 3.18. The molecule has 1 amide bonds. The molecule has 0 aliphatic carbocycles. The molecule has 7 heteroatoms. The zero-order valence-corrected chi connectivity index (χ0v) is 20.1. The number of rotatable bonds is 8. The predicted molar refractivity (Wildman–Crippen MR) is 132 cm³/mol. The molecule has 6 nitrogen and oxygen atoms in total. The van der Waals surface area contributed by atoms with Crippen molar-refractivity contribution < 1.29 is 17.9 Å². The second-order valence-electron chi connectivity index (χ2n) is 8.37. The van der Waals surface area contributed by atoms with Gasteiger partial charge in [0.05, 0.1) is 23.5 Å². The van der Waals surface area contributed by atoms with Gasteiger partial charge in [0.2, 0.25) is 15.9 Å². The molecule has 3 aromatic carbocycles. The van der Waals surface area contributed by atoms with Gasteiger partial charge in [-0.3, -0.25) is 4.79 Å². The molecule has 34 heavy (non-hydrogen) atoms. The Bertz CT molecular complexity index is 1140. The van der Waals surface area contributed by atoms with E-state index < -0.39 is 15.9 Å². The molecule has 0 aromatic heterocycles. The Morgan fingerprint density at radius 3 is 2.12 bits per heavy atom. The molecule has 0 saturated carbocycles. The maximum atomic E-state index is 13.3. The van der Waals surface area contributed by atoms with Gasteiger partial charge in [-0.2, -0.15) is 4.31 Å². The van der Waals surface area contributed by atoms with E-state index in [-0.39, 0.29) is 23.4 Å². The molecule has 1 saturated heterocycles. The van der Waals surface area contributed by atoms with Crippen LogP contribution in [0.4, 0.5) is 0 Å². The van der Waals surface area contributed by atoms with E-state index >= 15 is 0 Å². The summed E-state index contributed by atoms with van der Waals surface area (Å²) in [6.45, 7) is 2.96. The lowest BCUT2D eigenvalue weighted by atomic mass is 9.95. The Kier molecular flexibility index (Phi) is 7.65. The lowest BCUT2D eigenvalue weighted by Gasteiger charge is -2.32. The van der Waals surface area contributed by atoms with Crippen LogP contribution in [0.5, 0.6) is 5.75 Å². The number of carbonyl (C=O) groups excluding carboxylic acids is 1. The van der Waals surface area contributed by atoms with Gasteiger partial charge in [0.15, 0.2) is 0 Å². The first-order valence-electron chi connectivity index (χ1n) is 11.6. The summed E-state index contributed by atoms with van der Waals surface area (Å²) in [4.78, 5) is 13.5. The molecule has 1 atom stereocenters. The third-order valence-electron chi connectivity index (χ3n) is 6.08. The van der Waals surface area contributed by atoms with E-state index in [2.05, 4.69) is 5.32 Å². The Morgan fingerprint density at radius 1 is 0.971 bits per heavy atom. The van der Waals surface area contributed by atoms with E-state index in [0.717, 1.165) is 11.1 Å². The summed E-state index contributed by atoms with van der Waals surface area (Å²) >= 11 is 0. The van der Waals surface area contributed by atoms with E-state index in [1.807, 2.05) is 67.6 Å². The van der Waals surface area contributed by atoms with Crippen LogP contribution in [0.15, 0.2) is 89.8 Å². The monoisotopic (exact) mass is 478 g/mol. The highest BCUT2D eigenvalue weighted by Crippen LogP contribution is 2.27. The molecule has 178 valence electrons. The fraction of sp³-hybridized carbons (Fsp3) is 0.296. The van der Waals surface area contributed by atoms with Crippen molar-refractivity contribution >= 4 is 15.9 Å². The van der Waals surface area contributed by atoms with E-state index in [0.29, 0.717) is 31.7 Å². The molecule has 1 aliphatic heterocycles. The first-order valence-corrected chi connectivity index (χ1v) is 13.1. The van der Waals surface area contributed by atoms with Crippen LogP contribution in [0.1, 0.15) is 36.9 Å². The van der Waals surface area contributed by atoms with Gasteiger partial charge < -0.3 is 10.1 Å². The number of hydrogen-bond acceptors (Lipinski definition) is 4. The number of sulfonamides is 1. The Morgan fingerprint density at radius 2 is 1.56 bits per heavy atom. The Balaban J connectivity index is 1.50. The molecular formula is C27H30N2O4S. The summed E-state index contributed by atoms with van der Waals surface area (Å²) in [5.74, 6) is 0.0793. The van der Waals surface area contributed by atoms with Crippen LogP contribution in [0.25, 0.3) is 0 Å². The normalized spacial score (nSPS) is 16.8. The van der Waals surface area contributed by atoms with Gasteiger partial charge in [-0.25, -0.2) is 8.42 Å². The number of nitrogens with one attached hydrogen (secondary N) is 1. The maximum absolute atomic E-state index is 13.3. The van der Waals surface area contributed by atoms with Gasteiger partial charge in [0, 0.05) is 13.1 Å². The van der Waals surface area contributed by atoms with E-state index in [9.17, 15) is 13.2 Å². The average molecular weight is 479 g/mol. The molecular weight excluding hydrogens is 448 g/mol. The van der Waals surface area contributed by atoms with Crippen LogP contribution >= 0.6 is 0 Å². The highest BCUT2D eigenvalue weighted by molar-refractivity contribution is 7.89. The second-order valence-corrected chi connectivity index (χ2v) is 10.3. The number of nitrogens with zero attached hydrogens (tertiary/aromatic N) is 1. The van der Waals surface area contributed by atoms with Crippen molar-refractivity contribution in [3.8, 4) is 5.75 Å². The Hall–Kier alpha value is -3.16. The summed E-state index contributed by atoms with van der Waals surface area (Å²) < 4.78 is 33.3. The summed E-state index contributed by atoms with van der Waals surface area (Å²) in [6, 6.07) is 25.8. The minimum atomic E-state index is -3.70. The summed E-state index contributed by atoms with van der Waals surface area (Å²) in [5.41, 5.74) is 1.97. The highest BCUT2D eigenvalue weighted by atomic mass is 32.2. The number of ether oxygens (including phenoxy) is 1. The number of amides is 1. The van der Waals surface area contributed by atoms with Crippen LogP contribution in [0, 0.1) is 5.92 Å². The fourth-order valence-electron chi connectivity index (χ4n) is 4.31. The maximum Gasteiger partial charge on any atom is 0.243 e. The van der Waals surface area contributed by atoms with Crippen LogP contribution in [0.2, 0.25) is 0 Å².